The normalized spacial score (nSPS) is 19.9. The lowest BCUT2D eigenvalue weighted by Gasteiger charge is -2.16. The van der Waals surface area contributed by atoms with Crippen molar-refractivity contribution in [1.82, 2.24) is 10.6 Å². The molecule has 3 amide bonds. The SMILES string of the molecule is O=C(CNC(=O)c1ccc(N2CCCC2=O)cc1)NCC1CCCO1. The Hall–Kier alpha value is -2.41. The average molecular weight is 345 g/mol. The van der Waals surface area contributed by atoms with Gasteiger partial charge in [-0.15, -0.1) is 0 Å². The summed E-state index contributed by atoms with van der Waals surface area (Å²) in [4.78, 5) is 37.3. The minimum Gasteiger partial charge on any atom is -0.376 e. The van der Waals surface area contributed by atoms with Crippen LogP contribution in [0.25, 0.3) is 0 Å². The molecule has 0 bridgehead atoms. The van der Waals surface area contributed by atoms with Crippen molar-refractivity contribution < 1.29 is 19.1 Å². The van der Waals surface area contributed by atoms with E-state index in [0.29, 0.717) is 18.5 Å². The predicted octanol–water partition coefficient (Wildman–Crippen LogP) is 0.838. The van der Waals surface area contributed by atoms with Gasteiger partial charge < -0.3 is 20.3 Å². The summed E-state index contributed by atoms with van der Waals surface area (Å²) in [6.07, 6.45) is 3.50. The number of benzene rings is 1. The van der Waals surface area contributed by atoms with Crippen LogP contribution in [0.4, 0.5) is 5.69 Å². The Morgan fingerprint density at radius 3 is 2.60 bits per heavy atom. The van der Waals surface area contributed by atoms with Crippen LogP contribution in [-0.2, 0) is 14.3 Å². The lowest BCUT2D eigenvalue weighted by atomic mass is 10.2. The molecule has 7 nitrogen and oxygen atoms in total. The maximum atomic E-state index is 12.1. The van der Waals surface area contributed by atoms with E-state index < -0.39 is 0 Å². The quantitative estimate of drug-likeness (QED) is 0.800. The van der Waals surface area contributed by atoms with Crippen molar-refractivity contribution in [3.05, 3.63) is 29.8 Å². The molecule has 134 valence electrons. The van der Waals surface area contributed by atoms with Gasteiger partial charge in [0.2, 0.25) is 11.8 Å². The van der Waals surface area contributed by atoms with Crippen molar-refractivity contribution in [3.63, 3.8) is 0 Å². The zero-order valence-corrected chi connectivity index (χ0v) is 14.1. The van der Waals surface area contributed by atoms with E-state index in [1.54, 1.807) is 29.2 Å². The van der Waals surface area contributed by atoms with Gasteiger partial charge in [-0.2, -0.15) is 0 Å². The number of nitrogens with one attached hydrogen (secondary N) is 2. The summed E-state index contributed by atoms with van der Waals surface area (Å²) >= 11 is 0. The van der Waals surface area contributed by atoms with Crippen LogP contribution >= 0.6 is 0 Å². The lowest BCUT2D eigenvalue weighted by molar-refractivity contribution is -0.120. The molecular formula is C18H23N3O4. The number of rotatable bonds is 6. The molecule has 2 saturated heterocycles. The van der Waals surface area contributed by atoms with E-state index in [1.165, 1.54) is 0 Å². The molecule has 2 aliphatic heterocycles. The zero-order chi connectivity index (χ0) is 17.6. The fraction of sp³-hybridized carbons (Fsp3) is 0.500. The lowest BCUT2D eigenvalue weighted by Crippen LogP contribution is -2.39. The Bertz CT molecular complexity index is 638. The van der Waals surface area contributed by atoms with E-state index in [9.17, 15) is 14.4 Å². The molecule has 2 fully saturated rings. The van der Waals surface area contributed by atoms with Crippen molar-refractivity contribution in [3.8, 4) is 0 Å². The second-order valence-electron chi connectivity index (χ2n) is 6.32. The molecule has 0 spiro atoms. The third-order valence-electron chi connectivity index (χ3n) is 4.47. The number of carbonyl (C=O) groups is 3. The van der Waals surface area contributed by atoms with Crippen molar-refractivity contribution in [1.29, 1.82) is 0 Å². The molecule has 0 aromatic heterocycles. The molecule has 1 atom stereocenters. The van der Waals surface area contributed by atoms with Crippen LogP contribution in [0.15, 0.2) is 24.3 Å². The standard InChI is InChI=1S/C18H23N3O4/c22-16(19-11-15-3-2-10-25-15)12-20-18(24)13-5-7-14(8-6-13)21-9-1-4-17(21)23/h5-8,15H,1-4,9-12H2,(H,19,22)(H,20,24). The van der Waals surface area contributed by atoms with Crippen LogP contribution in [-0.4, -0.2) is 50.1 Å². The number of hydrogen-bond donors (Lipinski definition) is 2. The largest absolute Gasteiger partial charge is 0.376 e. The minimum absolute atomic E-state index is 0.0715. The van der Waals surface area contributed by atoms with E-state index >= 15 is 0 Å². The van der Waals surface area contributed by atoms with E-state index in [2.05, 4.69) is 10.6 Å². The number of hydrogen-bond acceptors (Lipinski definition) is 4. The third-order valence-corrected chi connectivity index (χ3v) is 4.47. The highest BCUT2D eigenvalue weighted by atomic mass is 16.5. The third kappa shape index (κ3) is 4.57. The smallest absolute Gasteiger partial charge is 0.251 e. The van der Waals surface area contributed by atoms with Gasteiger partial charge in [0.15, 0.2) is 0 Å². The van der Waals surface area contributed by atoms with Gasteiger partial charge in [-0.1, -0.05) is 0 Å². The molecular weight excluding hydrogens is 322 g/mol. The molecule has 2 N–H and O–H groups in total. The van der Waals surface area contributed by atoms with Crippen molar-refractivity contribution in [2.45, 2.75) is 31.8 Å². The first-order valence-corrected chi connectivity index (χ1v) is 8.70. The maximum absolute atomic E-state index is 12.1. The van der Waals surface area contributed by atoms with E-state index in [4.69, 9.17) is 4.74 Å². The maximum Gasteiger partial charge on any atom is 0.251 e. The van der Waals surface area contributed by atoms with Crippen molar-refractivity contribution >= 4 is 23.4 Å². The fourth-order valence-corrected chi connectivity index (χ4v) is 3.07. The molecule has 0 saturated carbocycles. The molecule has 25 heavy (non-hydrogen) atoms. The number of carbonyl (C=O) groups excluding carboxylic acids is 3. The fourth-order valence-electron chi connectivity index (χ4n) is 3.07. The summed E-state index contributed by atoms with van der Waals surface area (Å²) in [6, 6.07) is 6.85. The number of anilines is 1. The van der Waals surface area contributed by atoms with Crippen molar-refractivity contribution in [2.75, 3.05) is 31.1 Å². The Morgan fingerprint density at radius 2 is 1.96 bits per heavy atom. The first-order chi connectivity index (χ1) is 12.1. The summed E-state index contributed by atoms with van der Waals surface area (Å²) in [5.74, 6) is -0.435. The Kier molecular flexibility index (Phi) is 5.65. The Morgan fingerprint density at radius 1 is 1.16 bits per heavy atom. The van der Waals surface area contributed by atoms with Crippen LogP contribution in [0.3, 0.4) is 0 Å². The molecule has 0 radical (unpaired) electrons. The van der Waals surface area contributed by atoms with Gasteiger partial charge in [0, 0.05) is 37.4 Å². The molecule has 7 heteroatoms. The van der Waals surface area contributed by atoms with E-state index in [-0.39, 0.29) is 30.4 Å². The number of nitrogens with zero attached hydrogens (tertiary/aromatic N) is 1. The van der Waals surface area contributed by atoms with Crippen LogP contribution in [0, 0.1) is 0 Å². The van der Waals surface area contributed by atoms with Crippen LogP contribution in [0.1, 0.15) is 36.0 Å². The predicted molar refractivity (Wildman–Crippen MR) is 92.3 cm³/mol. The summed E-state index contributed by atoms with van der Waals surface area (Å²) in [6.45, 7) is 1.87. The van der Waals surface area contributed by atoms with Gasteiger partial charge in [0.1, 0.15) is 0 Å². The van der Waals surface area contributed by atoms with Gasteiger partial charge >= 0.3 is 0 Å². The molecule has 1 unspecified atom stereocenters. The highest BCUT2D eigenvalue weighted by Gasteiger charge is 2.21. The van der Waals surface area contributed by atoms with Crippen LogP contribution in [0.5, 0.6) is 0 Å². The second kappa shape index (κ2) is 8.11. The van der Waals surface area contributed by atoms with E-state index in [0.717, 1.165) is 38.1 Å². The highest BCUT2D eigenvalue weighted by molar-refractivity contribution is 5.98. The molecule has 0 aliphatic carbocycles. The molecule has 2 aliphatic rings. The van der Waals surface area contributed by atoms with Gasteiger partial charge in [-0.05, 0) is 43.5 Å². The first-order valence-electron chi connectivity index (χ1n) is 8.70. The summed E-state index contributed by atoms with van der Waals surface area (Å²) in [7, 11) is 0. The number of ether oxygens (including phenoxy) is 1. The van der Waals surface area contributed by atoms with Crippen LogP contribution in [0.2, 0.25) is 0 Å². The van der Waals surface area contributed by atoms with Gasteiger partial charge in [0.25, 0.3) is 5.91 Å². The summed E-state index contributed by atoms with van der Waals surface area (Å²) in [5, 5.41) is 5.36. The first kappa shape index (κ1) is 17.4. The molecule has 3 rings (SSSR count). The van der Waals surface area contributed by atoms with E-state index in [1.807, 2.05) is 0 Å². The summed E-state index contributed by atoms with van der Waals surface area (Å²) < 4.78 is 5.43. The number of amides is 3. The monoisotopic (exact) mass is 345 g/mol. The van der Waals surface area contributed by atoms with Gasteiger partial charge in [0.05, 0.1) is 12.6 Å². The minimum atomic E-state index is -0.313. The Balaban J connectivity index is 1.44. The summed E-state index contributed by atoms with van der Waals surface area (Å²) in [5.41, 5.74) is 1.26. The molecule has 1 aromatic carbocycles. The highest BCUT2D eigenvalue weighted by Crippen LogP contribution is 2.21. The van der Waals surface area contributed by atoms with Crippen LogP contribution < -0.4 is 15.5 Å². The second-order valence-corrected chi connectivity index (χ2v) is 6.32. The zero-order valence-electron chi connectivity index (χ0n) is 14.1. The molecule has 2 heterocycles. The topological polar surface area (TPSA) is 87.7 Å². The van der Waals surface area contributed by atoms with Crippen molar-refractivity contribution in [2.24, 2.45) is 0 Å². The van der Waals surface area contributed by atoms with Gasteiger partial charge in [-0.3, -0.25) is 14.4 Å². The Labute approximate surface area is 146 Å². The molecule has 1 aromatic rings. The van der Waals surface area contributed by atoms with Gasteiger partial charge in [-0.25, -0.2) is 0 Å². The average Bonchev–Trinajstić information content (AvgIpc) is 3.29.